The summed E-state index contributed by atoms with van der Waals surface area (Å²) in [7, 11) is 1.79. The first-order valence-electron chi connectivity index (χ1n) is 21.8. The summed E-state index contributed by atoms with van der Waals surface area (Å²) < 4.78 is 7.31. The predicted molar refractivity (Wildman–Crippen MR) is 252 cm³/mol. The van der Waals surface area contributed by atoms with Crippen LogP contribution in [0.2, 0.25) is 0 Å². The topological polar surface area (TPSA) is 104 Å². The molecule has 1 aliphatic heterocycles. The number of nitrogens with zero attached hydrogens (tertiary/aromatic N) is 10. The van der Waals surface area contributed by atoms with Crippen LogP contribution in [0.1, 0.15) is 140 Å². The smallest absolute Gasteiger partial charge is 0.276 e. The van der Waals surface area contributed by atoms with Crippen LogP contribution in [0.4, 0.5) is 0 Å². The van der Waals surface area contributed by atoms with Gasteiger partial charge in [-0.05, 0) is 91.1 Å². The lowest BCUT2D eigenvalue weighted by atomic mass is 9.99. The first kappa shape index (κ1) is 51.9. The van der Waals surface area contributed by atoms with Gasteiger partial charge in [0.25, 0.3) is 5.56 Å². The molecule has 0 saturated heterocycles. The van der Waals surface area contributed by atoms with Crippen molar-refractivity contribution in [3.8, 4) is 0 Å². The Morgan fingerprint density at radius 2 is 1.08 bits per heavy atom. The van der Waals surface area contributed by atoms with Crippen LogP contribution in [0, 0.1) is 0 Å². The number of hydrogen-bond acceptors (Lipinski definition) is 7. The van der Waals surface area contributed by atoms with Gasteiger partial charge < -0.3 is 4.57 Å². The van der Waals surface area contributed by atoms with Crippen molar-refractivity contribution < 1.29 is 0 Å². The lowest BCUT2D eigenvalue weighted by Crippen LogP contribution is -2.35. The monoisotopic (exact) mass is 809 g/mol. The predicted octanol–water partition coefficient (Wildman–Crippen LogP) is 11.9. The van der Waals surface area contributed by atoms with Crippen LogP contribution in [0.25, 0.3) is 32.7 Å². The molecule has 7 heterocycles. The summed E-state index contributed by atoms with van der Waals surface area (Å²) in [5, 5.41) is 15.8. The second kappa shape index (κ2) is 27.5. The minimum Gasteiger partial charge on any atom is -0.311 e. The van der Waals surface area contributed by atoms with E-state index in [1.807, 2.05) is 128 Å². The summed E-state index contributed by atoms with van der Waals surface area (Å²) in [4.78, 5) is 22.6. The van der Waals surface area contributed by atoms with Gasteiger partial charge in [0.05, 0.1) is 35.8 Å². The van der Waals surface area contributed by atoms with Crippen molar-refractivity contribution >= 4 is 32.7 Å². The van der Waals surface area contributed by atoms with Crippen LogP contribution < -0.4 is 5.56 Å². The standard InChI is InChI=1S/C12H17N.C10H13N3O.2C9H11N3.4C2H6/c1-10(2)13-8-7-11-5-3-4-6-12(11)9-13;1-7(2)13-5-4-8-6-11-12(3)9(8)10(13)14;1-7(2)12-9-3-4-10-5-8(9)6-11-12;1-7(2)12-9-6-10-4-3-8(9)5-11-12;4*1-2/h3-6,10H,7-9H2,1-2H3;4-7H,1-3H3;2*3-7H,1-2H3;4*1-2H3. The van der Waals surface area contributed by atoms with Crippen LogP contribution >= 0.6 is 0 Å². The maximum atomic E-state index is 12.0. The molecule has 11 heteroatoms. The molecule has 7 aromatic rings. The highest BCUT2D eigenvalue weighted by Crippen LogP contribution is 2.20. The Morgan fingerprint density at radius 1 is 0.542 bits per heavy atom. The largest absolute Gasteiger partial charge is 0.311 e. The van der Waals surface area contributed by atoms with E-state index in [1.165, 1.54) is 18.5 Å². The Kier molecular flexibility index (Phi) is 24.2. The highest BCUT2D eigenvalue weighted by Gasteiger charge is 2.17. The quantitative estimate of drug-likeness (QED) is 0.174. The number of aromatic nitrogens is 9. The van der Waals surface area contributed by atoms with E-state index in [-0.39, 0.29) is 11.6 Å². The number of benzene rings is 1. The van der Waals surface area contributed by atoms with Crippen molar-refractivity contribution in [1.29, 1.82) is 0 Å². The normalized spacial score (nSPS) is 11.5. The van der Waals surface area contributed by atoms with Crippen molar-refractivity contribution in [1.82, 2.24) is 48.8 Å². The van der Waals surface area contributed by atoms with Crippen LogP contribution in [-0.2, 0) is 20.0 Å². The molecule has 0 atom stereocenters. The average Bonchev–Trinajstić information content (AvgIpc) is 4.02. The van der Waals surface area contributed by atoms with Crippen molar-refractivity contribution in [2.24, 2.45) is 7.05 Å². The summed E-state index contributed by atoms with van der Waals surface area (Å²) >= 11 is 0. The maximum absolute atomic E-state index is 12.0. The van der Waals surface area contributed by atoms with Gasteiger partial charge in [0.2, 0.25) is 0 Å². The third kappa shape index (κ3) is 14.6. The molecule has 0 N–H and O–H groups in total. The Labute approximate surface area is 355 Å². The molecule has 8 rings (SSSR count). The third-order valence-electron chi connectivity index (χ3n) is 9.04. The molecule has 0 aliphatic carbocycles. The minimum atomic E-state index is 0.0255. The molecule has 0 saturated carbocycles. The van der Waals surface area contributed by atoms with Gasteiger partial charge in [0.15, 0.2) is 0 Å². The van der Waals surface area contributed by atoms with E-state index in [1.54, 1.807) is 40.5 Å². The zero-order chi connectivity index (χ0) is 44.7. The highest BCUT2D eigenvalue weighted by molar-refractivity contribution is 5.78. The van der Waals surface area contributed by atoms with Crippen molar-refractivity contribution in [2.45, 2.75) is 148 Å². The van der Waals surface area contributed by atoms with Gasteiger partial charge in [-0.1, -0.05) is 79.7 Å². The number of fused-ring (bicyclic) bond motifs is 4. The zero-order valence-electron chi connectivity index (χ0n) is 39.5. The summed E-state index contributed by atoms with van der Waals surface area (Å²) in [5.74, 6) is 0. The van der Waals surface area contributed by atoms with Gasteiger partial charge in [0, 0.05) is 85.3 Å². The molecule has 1 aliphatic rings. The van der Waals surface area contributed by atoms with Gasteiger partial charge in [-0.15, -0.1) is 0 Å². The van der Waals surface area contributed by atoms with E-state index in [2.05, 4.69) is 96.0 Å². The molecule has 1 aromatic carbocycles. The van der Waals surface area contributed by atoms with E-state index in [4.69, 9.17) is 0 Å². The van der Waals surface area contributed by atoms with E-state index in [0.717, 1.165) is 33.7 Å². The van der Waals surface area contributed by atoms with Crippen molar-refractivity contribution in [3.63, 3.8) is 0 Å². The zero-order valence-corrected chi connectivity index (χ0v) is 39.5. The van der Waals surface area contributed by atoms with Gasteiger partial charge >= 0.3 is 0 Å². The molecular formula is C48H76N10O. The van der Waals surface area contributed by atoms with E-state index >= 15 is 0 Å². The number of pyridine rings is 3. The molecule has 0 unspecified atom stereocenters. The Bertz CT molecular complexity index is 2140. The summed E-state index contributed by atoms with van der Waals surface area (Å²) in [6, 6.07) is 16.3. The van der Waals surface area contributed by atoms with E-state index < -0.39 is 0 Å². The fourth-order valence-corrected chi connectivity index (χ4v) is 6.16. The van der Waals surface area contributed by atoms with Crippen molar-refractivity contribution in [2.75, 3.05) is 6.54 Å². The van der Waals surface area contributed by atoms with E-state index in [9.17, 15) is 4.79 Å². The molecule has 0 radical (unpaired) electrons. The molecule has 0 fully saturated rings. The van der Waals surface area contributed by atoms with Gasteiger partial charge in [-0.25, -0.2) is 0 Å². The first-order valence-corrected chi connectivity index (χ1v) is 21.8. The molecule has 0 bridgehead atoms. The summed E-state index contributed by atoms with van der Waals surface area (Å²) in [6.07, 6.45) is 15.7. The molecule has 0 spiro atoms. The summed E-state index contributed by atoms with van der Waals surface area (Å²) in [6.45, 7) is 35.3. The second-order valence-electron chi connectivity index (χ2n) is 14.0. The Balaban J connectivity index is 0.000000372. The van der Waals surface area contributed by atoms with Gasteiger partial charge in [-0.2, -0.15) is 15.3 Å². The van der Waals surface area contributed by atoms with Crippen LogP contribution in [-0.4, -0.2) is 61.4 Å². The van der Waals surface area contributed by atoms with Crippen molar-refractivity contribution in [3.05, 3.63) is 114 Å². The number of hydrogen-bond donors (Lipinski definition) is 0. The summed E-state index contributed by atoms with van der Waals surface area (Å²) in [5.41, 5.74) is 6.01. The molecule has 324 valence electrons. The lowest BCUT2D eigenvalue weighted by molar-refractivity contribution is 0.203. The van der Waals surface area contributed by atoms with Crippen LogP contribution in [0.15, 0.2) is 96.8 Å². The molecular weight excluding hydrogens is 733 g/mol. The molecule has 11 nitrogen and oxygen atoms in total. The van der Waals surface area contributed by atoms with Gasteiger partial charge in [-0.3, -0.25) is 33.7 Å². The van der Waals surface area contributed by atoms with E-state index in [0.29, 0.717) is 23.6 Å². The maximum Gasteiger partial charge on any atom is 0.276 e. The van der Waals surface area contributed by atoms with Crippen LogP contribution in [0.3, 0.4) is 0 Å². The molecule has 59 heavy (non-hydrogen) atoms. The SMILES string of the molecule is CC.CC.CC.CC.CC(C)N1CCc2ccccc2C1.CC(C)n1ccc2cnn(C)c2c1=O.CC(C)n1ncc2ccncc21.CC(C)n1ncc2cnccc21. The fraction of sp³-hybridized carbons (Fsp3) is 0.500. The fourth-order valence-electron chi connectivity index (χ4n) is 6.16. The second-order valence-corrected chi connectivity index (χ2v) is 14.0. The third-order valence-corrected chi connectivity index (χ3v) is 9.04. The number of rotatable bonds is 4. The average molecular weight is 809 g/mol. The van der Waals surface area contributed by atoms with Crippen LogP contribution in [0.5, 0.6) is 0 Å². The van der Waals surface area contributed by atoms with Gasteiger partial charge in [0.1, 0.15) is 5.52 Å². The lowest BCUT2D eigenvalue weighted by Gasteiger charge is -2.31. The highest BCUT2D eigenvalue weighted by atomic mass is 16.1. The minimum absolute atomic E-state index is 0.0255. The Hall–Kier alpha value is -5.16. The Morgan fingerprint density at radius 3 is 1.68 bits per heavy atom. The number of aryl methyl sites for hydroxylation is 1. The first-order chi connectivity index (χ1) is 28.5. The molecule has 0 amide bonds. The molecule has 6 aromatic heterocycles.